The Morgan fingerprint density at radius 3 is 2.68 bits per heavy atom. The second-order valence-electron chi connectivity index (χ2n) is 6.33. The van der Waals surface area contributed by atoms with E-state index in [1.54, 1.807) is 0 Å². The van der Waals surface area contributed by atoms with Gasteiger partial charge in [-0.15, -0.1) is 12.4 Å². The van der Waals surface area contributed by atoms with E-state index in [0.717, 1.165) is 19.5 Å². The predicted octanol–water partition coefficient (Wildman–Crippen LogP) is 4.61. The van der Waals surface area contributed by atoms with Crippen molar-refractivity contribution >= 4 is 28.9 Å². The molecule has 3 heteroatoms. The first kappa shape index (κ1) is 17.1. The van der Waals surface area contributed by atoms with Gasteiger partial charge in [0.05, 0.1) is 0 Å². The first-order chi connectivity index (χ1) is 10.3. The van der Waals surface area contributed by atoms with Gasteiger partial charge in [-0.25, -0.2) is 0 Å². The maximum absolute atomic E-state index is 6.32. The van der Waals surface area contributed by atoms with Gasteiger partial charge in [0.25, 0.3) is 0 Å². The van der Waals surface area contributed by atoms with Gasteiger partial charge in [0.1, 0.15) is 0 Å². The highest BCUT2D eigenvalue weighted by molar-refractivity contribution is 5.86. The Morgan fingerprint density at radius 1 is 1.14 bits per heavy atom. The first-order valence-corrected chi connectivity index (χ1v) is 8.27. The van der Waals surface area contributed by atoms with E-state index >= 15 is 0 Å². The molecule has 0 radical (unpaired) electrons. The number of anilines is 1. The summed E-state index contributed by atoms with van der Waals surface area (Å²) in [6.45, 7) is 4.46. The molecule has 1 aliphatic heterocycles. The lowest BCUT2D eigenvalue weighted by molar-refractivity contribution is 0.330. The molecule has 2 nitrogen and oxygen atoms in total. The van der Waals surface area contributed by atoms with Gasteiger partial charge in [-0.2, -0.15) is 0 Å². The van der Waals surface area contributed by atoms with Crippen molar-refractivity contribution in [3.63, 3.8) is 0 Å². The fourth-order valence-corrected chi connectivity index (χ4v) is 3.43. The molecule has 2 aromatic carbocycles. The normalized spacial score (nSPS) is 21.6. The number of piperidine rings is 1. The molecule has 3 rings (SSSR count). The zero-order valence-electron chi connectivity index (χ0n) is 13.4. The minimum Gasteiger partial charge on any atom is -0.371 e. The van der Waals surface area contributed by atoms with Gasteiger partial charge in [-0.3, -0.25) is 0 Å². The molecule has 0 aliphatic carbocycles. The summed E-state index contributed by atoms with van der Waals surface area (Å²) in [6, 6.07) is 15.8. The molecule has 0 bridgehead atoms. The molecule has 1 saturated heterocycles. The zero-order chi connectivity index (χ0) is 14.7. The smallest absolute Gasteiger partial charge is 0.0372 e. The van der Waals surface area contributed by atoms with Crippen LogP contribution in [-0.2, 0) is 0 Å². The van der Waals surface area contributed by atoms with E-state index in [2.05, 4.69) is 54.3 Å². The topological polar surface area (TPSA) is 29.3 Å². The van der Waals surface area contributed by atoms with Crippen LogP contribution in [0.1, 0.15) is 32.6 Å². The van der Waals surface area contributed by atoms with Crippen molar-refractivity contribution in [2.24, 2.45) is 11.7 Å². The fourth-order valence-electron chi connectivity index (χ4n) is 3.43. The molecule has 0 aromatic heterocycles. The van der Waals surface area contributed by atoms with Gasteiger partial charge in [0.2, 0.25) is 0 Å². The molecule has 120 valence electrons. The molecule has 0 saturated carbocycles. The van der Waals surface area contributed by atoms with Crippen LogP contribution in [0, 0.1) is 5.92 Å². The molecule has 1 aliphatic rings. The van der Waals surface area contributed by atoms with Crippen molar-refractivity contribution in [2.75, 3.05) is 18.0 Å². The lowest BCUT2D eigenvalue weighted by Crippen LogP contribution is -2.47. The number of halogens is 1. The predicted molar refractivity (Wildman–Crippen MR) is 99.0 cm³/mol. The Hall–Kier alpha value is -1.25. The molecule has 0 amide bonds. The van der Waals surface area contributed by atoms with Crippen LogP contribution in [0.15, 0.2) is 42.5 Å². The van der Waals surface area contributed by atoms with Crippen LogP contribution >= 0.6 is 12.4 Å². The monoisotopic (exact) mass is 318 g/mol. The van der Waals surface area contributed by atoms with Crippen molar-refractivity contribution < 1.29 is 0 Å². The maximum atomic E-state index is 6.32. The van der Waals surface area contributed by atoms with E-state index in [4.69, 9.17) is 5.73 Å². The molecule has 2 N–H and O–H groups in total. The van der Waals surface area contributed by atoms with Crippen LogP contribution in [-0.4, -0.2) is 19.1 Å². The van der Waals surface area contributed by atoms with Gasteiger partial charge in [0, 0.05) is 24.8 Å². The number of nitrogens with two attached hydrogens (primary N) is 1. The van der Waals surface area contributed by atoms with Gasteiger partial charge in [-0.05, 0) is 41.7 Å². The lowest BCUT2D eigenvalue weighted by Gasteiger charge is -2.38. The summed E-state index contributed by atoms with van der Waals surface area (Å²) in [7, 11) is 0. The Balaban J connectivity index is 0.00000176. The summed E-state index contributed by atoms with van der Waals surface area (Å²) in [6.07, 6.45) is 4.94. The van der Waals surface area contributed by atoms with Crippen LogP contribution < -0.4 is 10.6 Å². The molecular weight excluding hydrogens is 292 g/mol. The van der Waals surface area contributed by atoms with Gasteiger partial charge < -0.3 is 10.6 Å². The number of hydrogen-bond acceptors (Lipinski definition) is 2. The minimum absolute atomic E-state index is 0. The molecule has 1 fully saturated rings. The third kappa shape index (κ3) is 3.74. The highest BCUT2D eigenvalue weighted by Crippen LogP contribution is 2.28. The van der Waals surface area contributed by atoms with Gasteiger partial charge in [-0.1, -0.05) is 50.1 Å². The SMILES string of the molecule is CCCC[C@H]1CN(c2ccc3ccccc3c2)CC[C@@H]1N.Cl. The van der Waals surface area contributed by atoms with Gasteiger partial charge >= 0.3 is 0 Å². The quantitative estimate of drug-likeness (QED) is 0.892. The van der Waals surface area contributed by atoms with E-state index < -0.39 is 0 Å². The molecule has 0 spiro atoms. The van der Waals surface area contributed by atoms with Crippen LogP contribution in [0.25, 0.3) is 10.8 Å². The van der Waals surface area contributed by atoms with Crippen molar-refractivity contribution in [3.8, 4) is 0 Å². The molecule has 2 atom stereocenters. The summed E-state index contributed by atoms with van der Waals surface area (Å²) in [5.41, 5.74) is 7.67. The van der Waals surface area contributed by atoms with E-state index in [-0.39, 0.29) is 12.4 Å². The summed E-state index contributed by atoms with van der Waals surface area (Å²) < 4.78 is 0. The first-order valence-electron chi connectivity index (χ1n) is 8.27. The fraction of sp³-hybridized carbons (Fsp3) is 0.474. The maximum Gasteiger partial charge on any atom is 0.0372 e. The Labute approximate surface area is 140 Å². The van der Waals surface area contributed by atoms with E-state index in [9.17, 15) is 0 Å². The number of unbranched alkanes of at least 4 members (excludes halogenated alkanes) is 1. The highest BCUT2D eigenvalue weighted by Gasteiger charge is 2.26. The number of benzene rings is 2. The van der Waals surface area contributed by atoms with Crippen LogP contribution in [0.5, 0.6) is 0 Å². The van der Waals surface area contributed by atoms with Crippen molar-refractivity contribution in [2.45, 2.75) is 38.6 Å². The highest BCUT2D eigenvalue weighted by atomic mass is 35.5. The third-order valence-corrected chi connectivity index (χ3v) is 4.82. The van der Waals surface area contributed by atoms with Gasteiger partial charge in [0.15, 0.2) is 0 Å². The summed E-state index contributed by atoms with van der Waals surface area (Å²) in [5, 5.41) is 2.65. The van der Waals surface area contributed by atoms with Crippen LogP contribution in [0.2, 0.25) is 0 Å². The molecular formula is C19H27ClN2. The average molecular weight is 319 g/mol. The van der Waals surface area contributed by atoms with Crippen molar-refractivity contribution in [1.82, 2.24) is 0 Å². The number of nitrogens with zero attached hydrogens (tertiary/aromatic N) is 1. The van der Waals surface area contributed by atoms with E-state index in [0.29, 0.717) is 12.0 Å². The Bertz CT molecular complexity index is 599. The Kier molecular flexibility index (Phi) is 6.10. The minimum atomic E-state index is 0. The number of rotatable bonds is 4. The number of fused-ring (bicyclic) bond motifs is 1. The van der Waals surface area contributed by atoms with Crippen LogP contribution in [0.4, 0.5) is 5.69 Å². The van der Waals surface area contributed by atoms with Crippen molar-refractivity contribution in [1.29, 1.82) is 0 Å². The lowest BCUT2D eigenvalue weighted by atomic mass is 9.88. The zero-order valence-corrected chi connectivity index (χ0v) is 14.2. The molecule has 2 aromatic rings. The molecule has 0 unspecified atom stereocenters. The number of hydrogen-bond donors (Lipinski definition) is 1. The summed E-state index contributed by atoms with van der Waals surface area (Å²) in [4.78, 5) is 2.52. The largest absolute Gasteiger partial charge is 0.371 e. The van der Waals surface area contributed by atoms with E-state index in [1.165, 1.54) is 35.7 Å². The summed E-state index contributed by atoms with van der Waals surface area (Å²) >= 11 is 0. The Morgan fingerprint density at radius 2 is 1.91 bits per heavy atom. The average Bonchev–Trinajstić information content (AvgIpc) is 2.53. The standard InChI is InChI=1S/C19H26N2.ClH/c1-2-3-6-17-14-21(12-11-19(17)20)18-10-9-15-7-4-5-8-16(15)13-18;/h4-5,7-10,13,17,19H,2-3,6,11-12,14,20H2,1H3;1H/t17-,19-;/m0./s1. The van der Waals surface area contributed by atoms with Crippen molar-refractivity contribution in [3.05, 3.63) is 42.5 Å². The van der Waals surface area contributed by atoms with Crippen LogP contribution in [0.3, 0.4) is 0 Å². The second-order valence-corrected chi connectivity index (χ2v) is 6.33. The third-order valence-electron chi connectivity index (χ3n) is 4.82. The summed E-state index contributed by atoms with van der Waals surface area (Å²) in [5.74, 6) is 0.644. The van der Waals surface area contributed by atoms with E-state index in [1.807, 2.05) is 0 Å². The molecule has 1 heterocycles. The second kappa shape index (κ2) is 7.85. The molecule has 22 heavy (non-hydrogen) atoms.